The average molecular weight is 345 g/mol. The van der Waals surface area contributed by atoms with Gasteiger partial charge in [0.15, 0.2) is 0 Å². The fourth-order valence-corrected chi connectivity index (χ4v) is 4.86. The summed E-state index contributed by atoms with van der Waals surface area (Å²) in [6, 6.07) is 24.5. The SMILES string of the molecule is CCCCCCSc1cccc2c3ccccc3c3ccccc3c12. The normalized spacial score (nSPS) is 11.6. The number of unbranched alkanes of at least 4 members (excludes halogenated alkanes) is 3. The Morgan fingerprint density at radius 1 is 0.600 bits per heavy atom. The Bertz CT molecular complexity index is 971. The Morgan fingerprint density at radius 3 is 1.80 bits per heavy atom. The maximum atomic E-state index is 2.30. The highest BCUT2D eigenvalue weighted by molar-refractivity contribution is 7.99. The van der Waals surface area contributed by atoms with E-state index in [9.17, 15) is 0 Å². The van der Waals surface area contributed by atoms with E-state index in [4.69, 9.17) is 0 Å². The van der Waals surface area contributed by atoms with Crippen LogP contribution in [-0.2, 0) is 0 Å². The molecule has 0 unspecified atom stereocenters. The van der Waals surface area contributed by atoms with E-state index in [1.165, 1.54) is 68.6 Å². The Balaban J connectivity index is 1.88. The van der Waals surface area contributed by atoms with Crippen LogP contribution in [0.4, 0.5) is 0 Å². The summed E-state index contributed by atoms with van der Waals surface area (Å²) in [6.07, 6.45) is 5.30. The minimum Gasteiger partial charge on any atom is -0.125 e. The molecular weight excluding hydrogens is 320 g/mol. The molecular formula is C24H24S. The van der Waals surface area contributed by atoms with E-state index in [-0.39, 0.29) is 0 Å². The molecule has 0 aliphatic rings. The van der Waals surface area contributed by atoms with E-state index in [1.54, 1.807) is 0 Å². The van der Waals surface area contributed by atoms with Gasteiger partial charge in [0.1, 0.15) is 0 Å². The highest BCUT2D eigenvalue weighted by atomic mass is 32.2. The summed E-state index contributed by atoms with van der Waals surface area (Å²) >= 11 is 2.02. The number of thioether (sulfide) groups is 1. The number of rotatable bonds is 6. The average Bonchev–Trinajstić information content (AvgIpc) is 2.68. The van der Waals surface area contributed by atoms with Gasteiger partial charge in [-0.15, -0.1) is 11.8 Å². The number of hydrogen-bond acceptors (Lipinski definition) is 1. The van der Waals surface area contributed by atoms with Crippen LogP contribution in [0.25, 0.3) is 32.3 Å². The van der Waals surface area contributed by atoms with Gasteiger partial charge in [0.25, 0.3) is 0 Å². The largest absolute Gasteiger partial charge is 0.125 e. The van der Waals surface area contributed by atoms with Crippen LogP contribution < -0.4 is 0 Å². The number of hydrogen-bond donors (Lipinski definition) is 0. The predicted molar refractivity (Wildman–Crippen MR) is 114 cm³/mol. The Labute approximate surface area is 154 Å². The van der Waals surface area contributed by atoms with E-state index in [1.807, 2.05) is 11.8 Å². The first kappa shape index (κ1) is 16.5. The first-order valence-corrected chi connectivity index (χ1v) is 10.3. The van der Waals surface area contributed by atoms with Gasteiger partial charge >= 0.3 is 0 Å². The van der Waals surface area contributed by atoms with Crippen molar-refractivity contribution in [2.75, 3.05) is 5.75 Å². The second kappa shape index (κ2) is 7.49. The summed E-state index contributed by atoms with van der Waals surface area (Å²) in [6.45, 7) is 2.27. The molecule has 0 radical (unpaired) electrons. The van der Waals surface area contributed by atoms with Crippen LogP contribution in [0.15, 0.2) is 71.6 Å². The first-order valence-electron chi connectivity index (χ1n) is 9.35. The quantitative estimate of drug-likeness (QED) is 0.195. The molecule has 0 aliphatic carbocycles. The van der Waals surface area contributed by atoms with Crippen molar-refractivity contribution in [1.82, 2.24) is 0 Å². The van der Waals surface area contributed by atoms with E-state index >= 15 is 0 Å². The fourth-order valence-electron chi connectivity index (χ4n) is 3.75. The number of fused-ring (bicyclic) bond motifs is 6. The van der Waals surface area contributed by atoms with Crippen LogP contribution in [0.1, 0.15) is 32.6 Å². The maximum Gasteiger partial charge on any atom is 0.0157 e. The van der Waals surface area contributed by atoms with Gasteiger partial charge in [-0.3, -0.25) is 0 Å². The van der Waals surface area contributed by atoms with Gasteiger partial charge in [0.05, 0.1) is 0 Å². The van der Waals surface area contributed by atoms with Crippen LogP contribution in [0, 0.1) is 0 Å². The molecule has 0 bridgehead atoms. The molecule has 0 heterocycles. The van der Waals surface area contributed by atoms with Crippen molar-refractivity contribution in [2.45, 2.75) is 37.5 Å². The maximum absolute atomic E-state index is 2.30. The molecule has 4 aromatic rings. The van der Waals surface area contributed by atoms with Crippen LogP contribution >= 0.6 is 11.8 Å². The van der Waals surface area contributed by atoms with Crippen molar-refractivity contribution < 1.29 is 0 Å². The third kappa shape index (κ3) is 3.14. The molecule has 25 heavy (non-hydrogen) atoms. The van der Waals surface area contributed by atoms with Crippen molar-refractivity contribution in [3.63, 3.8) is 0 Å². The molecule has 0 amide bonds. The lowest BCUT2D eigenvalue weighted by atomic mass is 9.94. The molecule has 0 nitrogen and oxygen atoms in total. The van der Waals surface area contributed by atoms with E-state index in [0.717, 1.165) is 0 Å². The van der Waals surface area contributed by atoms with Gasteiger partial charge in [-0.25, -0.2) is 0 Å². The molecule has 126 valence electrons. The zero-order valence-electron chi connectivity index (χ0n) is 14.8. The lowest BCUT2D eigenvalue weighted by Gasteiger charge is -2.13. The van der Waals surface area contributed by atoms with E-state index < -0.39 is 0 Å². The number of benzene rings is 4. The van der Waals surface area contributed by atoms with Gasteiger partial charge in [-0.2, -0.15) is 0 Å². The summed E-state index contributed by atoms with van der Waals surface area (Å²) < 4.78 is 0. The smallest absolute Gasteiger partial charge is 0.0157 e. The lowest BCUT2D eigenvalue weighted by molar-refractivity contribution is 0.706. The molecule has 0 saturated carbocycles. The van der Waals surface area contributed by atoms with Gasteiger partial charge < -0.3 is 0 Å². The van der Waals surface area contributed by atoms with Crippen molar-refractivity contribution in [3.8, 4) is 0 Å². The third-order valence-corrected chi connectivity index (χ3v) is 6.13. The molecule has 0 N–H and O–H groups in total. The summed E-state index contributed by atoms with van der Waals surface area (Å²) in [7, 11) is 0. The Kier molecular flexibility index (Phi) is 4.94. The van der Waals surface area contributed by atoms with Crippen molar-refractivity contribution >= 4 is 44.1 Å². The Morgan fingerprint density at radius 2 is 1.16 bits per heavy atom. The fraction of sp³-hybridized carbons (Fsp3) is 0.250. The van der Waals surface area contributed by atoms with Gasteiger partial charge in [0.2, 0.25) is 0 Å². The Hall–Kier alpha value is -1.99. The summed E-state index contributed by atoms with van der Waals surface area (Å²) in [5, 5.41) is 8.28. The van der Waals surface area contributed by atoms with Crippen molar-refractivity contribution in [3.05, 3.63) is 66.7 Å². The zero-order chi connectivity index (χ0) is 17.1. The molecule has 0 aromatic heterocycles. The highest BCUT2D eigenvalue weighted by Crippen LogP contribution is 2.39. The van der Waals surface area contributed by atoms with Gasteiger partial charge in [-0.1, -0.05) is 86.8 Å². The standard InChI is InChI=1S/C24H24S/c1-2-3-4-9-17-25-23-16-10-15-22-20-12-6-5-11-18(20)19-13-7-8-14-21(19)24(22)23/h5-8,10-16H,2-4,9,17H2,1H3. The van der Waals surface area contributed by atoms with Gasteiger partial charge in [-0.05, 0) is 45.2 Å². The molecule has 0 saturated heterocycles. The molecule has 0 atom stereocenters. The molecule has 0 aliphatic heterocycles. The van der Waals surface area contributed by atoms with E-state index in [2.05, 4.69) is 73.7 Å². The van der Waals surface area contributed by atoms with Crippen LogP contribution in [0.2, 0.25) is 0 Å². The monoisotopic (exact) mass is 344 g/mol. The minimum atomic E-state index is 1.21. The summed E-state index contributed by atoms with van der Waals surface area (Å²) in [5.41, 5.74) is 0. The third-order valence-electron chi connectivity index (χ3n) is 4.99. The minimum absolute atomic E-state index is 1.21. The topological polar surface area (TPSA) is 0 Å². The molecule has 1 heteroatoms. The molecule has 0 spiro atoms. The molecule has 4 aromatic carbocycles. The lowest BCUT2D eigenvalue weighted by Crippen LogP contribution is -1.87. The van der Waals surface area contributed by atoms with Gasteiger partial charge in [0, 0.05) is 10.3 Å². The van der Waals surface area contributed by atoms with Crippen LogP contribution in [0.3, 0.4) is 0 Å². The second-order valence-electron chi connectivity index (χ2n) is 6.68. The van der Waals surface area contributed by atoms with Crippen LogP contribution in [-0.4, -0.2) is 5.75 Å². The first-order chi connectivity index (χ1) is 12.4. The summed E-state index contributed by atoms with van der Waals surface area (Å²) in [5.74, 6) is 1.21. The highest BCUT2D eigenvalue weighted by Gasteiger charge is 2.11. The second-order valence-corrected chi connectivity index (χ2v) is 7.82. The summed E-state index contributed by atoms with van der Waals surface area (Å²) in [4.78, 5) is 1.43. The van der Waals surface area contributed by atoms with Crippen LogP contribution in [0.5, 0.6) is 0 Å². The van der Waals surface area contributed by atoms with Crippen molar-refractivity contribution in [1.29, 1.82) is 0 Å². The zero-order valence-corrected chi connectivity index (χ0v) is 15.6. The van der Waals surface area contributed by atoms with Crippen molar-refractivity contribution in [2.24, 2.45) is 0 Å². The molecule has 4 rings (SSSR count). The predicted octanol–water partition coefficient (Wildman–Crippen LogP) is 7.82. The molecule has 0 fully saturated rings. The van der Waals surface area contributed by atoms with E-state index in [0.29, 0.717) is 0 Å².